The first kappa shape index (κ1) is 21.5. The lowest BCUT2D eigenvalue weighted by Crippen LogP contribution is -2.47. The Bertz CT molecular complexity index is 711. The van der Waals surface area contributed by atoms with Crippen LogP contribution in [-0.2, 0) is 11.3 Å². The Morgan fingerprint density at radius 3 is 2.74 bits per heavy atom. The molecule has 1 aromatic rings. The van der Waals surface area contributed by atoms with Crippen LogP contribution in [0.15, 0.2) is 29.3 Å². The van der Waals surface area contributed by atoms with E-state index < -0.39 is 0 Å². The zero-order valence-electron chi connectivity index (χ0n) is 15.7. The zero-order chi connectivity index (χ0) is 18.4. The molecule has 0 heterocycles. The smallest absolute Gasteiger partial charge is 0.223 e. The Morgan fingerprint density at radius 2 is 2.04 bits per heavy atom. The Kier molecular flexibility index (Phi) is 8.35. The van der Waals surface area contributed by atoms with Gasteiger partial charge in [0.2, 0.25) is 5.91 Å². The molecule has 2 unspecified atom stereocenters. The number of nitrogens with zero attached hydrogens (tertiary/aromatic N) is 2. The van der Waals surface area contributed by atoms with Crippen LogP contribution in [0.1, 0.15) is 49.7 Å². The standard InChI is InChI=1S/C20H27N5O.HI/c1-22-20(23-13-15-5-2-4-14(10-15)12-21)25-18-7-3-6-16(11-18)19(26)24-17-8-9-17;/h2,4-5,10,16-18H,3,6-9,11,13H2,1H3,(H,24,26)(H2,22,23,25);1H. The Hall–Kier alpha value is -1.82. The Labute approximate surface area is 178 Å². The van der Waals surface area contributed by atoms with Gasteiger partial charge in [-0.1, -0.05) is 18.6 Å². The average molecular weight is 481 g/mol. The summed E-state index contributed by atoms with van der Waals surface area (Å²) in [4.78, 5) is 16.6. The van der Waals surface area contributed by atoms with E-state index in [1.165, 1.54) is 0 Å². The van der Waals surface area contributed by atoms with E-state index in [1.54, 1.807) is 13.1 Å². The summed E-state index contributed by atoms with van der Waals surface area (Å²) < 4.78 is 0. The van der Waals surface area contributed by atoms with Crippen molar-refractivity contribution in [3.8, 4) is 6.07 Å². The molecule has 2 aliphatic carbocycles. The van der Waals surface area contributed by atoms with Crippen LogP contribution in [0.5, 0.6) is 0 Å². The van der Waals surface area contributed by atoms with E-state index in [0.717, 1.165) is 50.0 Å². The highest BCUT2D eigenvalue weighted by molar-refractivity contribution is 14.0. The molecule has 0 spiro atoms. The second-order valence-electron chi connectivity index (χ2n) is 7.23. The summed E-state index contributed by atoms with van der Waals surface area (Å²) in [5.74, 6) is 1.06. The van der Waals surface area contributed by atoms with Crippen LogP contribution < -0.4 is 16.0 Å². The van der Waals surface area contributed by atoms with Gasteiger partial charge in [-0.3, -0.25) is 9.79 Å². The van der Waals surface area contributed by atoms with Crippen molar-refractivity contribution in [1.29, 1.82) is 5.26 Å². The van der Waals surface area contributed by atoms with E-state index in [9.17, 15) is 4.79 Å². The number of guanidine groups is 1. The maximum Gasteiger partial charge on any atom is 0.223 e. The van der Waals surface area contributed by atoms with Crippen molar-refractivity contribution in [1.82, 2.24) is 16.0 Å². The van der Waals surface area contributed by atoms with E-state index in [1.807, 2.05) is 18.2 Å². The van der Waals surface area contributed by atoms with Crippen LogP contribution in [-0.4, -0.2) is 31.0 Å². The van der Waals surface area contributed by atoms with Gasteiger partial charge in [0.05, 0.1) is 11.6 Å². The number of aliphatic imine (C=N–C) groups is 1. The quantitative estimate of drug-likeness (QED) is 0.343. The number of nitrogens with one attached hydrogen (secondary N) is 3. The number of hydrogen-bond donors (Lipinski definition) is 3. The number of rotatable bonds is 5. The summed E-state index contributed by atoms with van der Waals surface area (Å²) in [6, 6.07) is 10.4. The van der Waals surface area contributed by atoms with Crippen LogP contribution in [0, 0.1) is 17.2 Å². The van der Waals surface area contributed by atoms with Gasteiger partial charge in [0.1, 0.15) is 0 Å². The summed E-state index contributed by atoms with van der Waals surface area (Å²) in [5.41, 5.74) is 1.70. The minimum atomic E-state index is 0. The number of halogens is 1. The SMILES string of the molecule is CN=C(NCc1cccc(C#N)c1)NC1CCCC(C(=O)NC2CC2)C1.I. The first-order valence-electron chi connectivity index (χ1n) is 9.44. The number of benzene rings is 1. The third kappa shape index (κ3) is 6.69. The maximum atomic E-state index is 12.3. The molecule has 7 heteroatoms. The van der Waals surface area contributed by atoms with Crippen molar-refractivity contribution in [2.45, 2.75) is 57.2 Å². The fraction of sp³-hybridized carbons (Fsp3) is 0.550. The lowest BCUT2D eigenvalue weighted by molar-refractivity contribution is -0.126. The van der Waals surface area contributed by atoms with Crippen molar-refractivity contribution < 1.29 is 4.79 Å². The number of hydrogen-bond acceptors (Lipinski definition) is 3. The molecule has 3 N–H and O–H groups in total. The predicted octanol–water partition coefficient (Wildman–Crippen LogP) is 2.68. The van der Waals surface area contributed by atoms with E-state index in [-0.39, 0.29) is 41.8 Å². The summed E-state index contributed by atoms with van der Waals surface area (Å²) in [7, 11) is 1.75. The van der Waals surface area contributed by atoms with Crippen LogP contribution in [0.4, 0.5) is 0 Å². The van der Waals surface area contributed by atoms with Gasteiger partial charge >= 0.3 is 0 Å². The third-order valence-electron chi connectivity index (χ3n) is 5.05. The summed E-state index contributed by atoms with van der Waals surface area (Å²) in [6.07, 6.45) is 6.19. The molecule has 0 aromatic heterocycles. The molecule has 146 valence electrons. The second-order valence-corrected chi connectivity index (χ2v) is 7.23. The maximum absolute atomic E-state index is 12.3. The minimum absolute atomic E-state index is 0. The van der Waals surface area contributed by atoms with Crippen molar-refractivity contribution in [2.24, 2.45) is 10.9 Å². The number of carbonyl (C=O) groups excluding carboxylic acids is 1. The van der Waals surface area contributed by atoms with E-state index >= 15 is 0 Å². The molecule has 6 nitrogen and oxygen atoms in total. The molecule has 3 rings (SSSR count). The number of amides is 1. The van der Waals surface area contributed by atoms with Crippen molar-refractivity contribution in [3.05, 3.63) is 35.4 Å². The van der Waals surface area contributed by atoms with Crippen molar-refractivity contribution in [3.63, 3.8) is 0 Å². The first-order chi connectivity index (χ1) is 12.7. The van der Waals surface area contributed by atoms with Gasteiger partial charge < -0.3 is 16.0 Å². The minimum Gasteiger partial charge on any atom is -0.354 e. The highest BCUT2D eigenvalue weighted by Gasteiger charge is 2.31. The molecule has 1 amide bonds. The zero-order valence-corrected chi connectivity index (χ0v) is 18.0. The molecule has 2 fully saturated rings. The van der Waals surface area contributed by atoms with Gasteiger partial charge in [-0.25, -0.2) is 0 Å². The highest BCUT2D eigenvalue weighted by atomic mass is 127. The summed E-state index contributed by atoms with van der Waals surface area (Å²) in [5, 5.41) is 18.9. The third-order valence-corrected chi connectivity index (χ3v) is 5.05. The van der Waals surface area contributed by atoms with Gasteiger partial charge in [-0.05, 0) is 49.8 Å². The van der Waals surface area contributed by atoms with E-state index in [4.69, 9.17) is 5.26 Å². The van der Waals surface area contributed by atoms with Crippen LogP contribution in [0.25, 0.3) is 0 Å². The van der Waals surface area contributed by atoms with Gasteiger partial charge in [0.15, 0.2) is 5.96 Å². The molecule has 2 saturated carbocycles. The van der Waals surface area contributed by atoms with Crippen molar-refractivity contribution >= 4 is 35.8 Å². The van der Waals surface area contributed by atoms with Crippen molar-refractivity contribution in [2.75, 3.05) is 7.05 Å². The molecule has 0 radical (unpaired) electrons. The van der Waals surface area contributed by atoms with Gasteiger partial charge in [-0.15, -0.1) is 24.0 Å². The monoisotopic (exact) mass is 481 g/mol. The lowest BCUT2D eigenvalue weighted by Gasteiger charge is -2.30. The molecule has 2 atom stereocenters. The average Bonchev–Trinajstić information content (AvgIpc) is 3.49. The largest absolute Gasteiger partial charge is 0.354 e. The summed E-state index contributed by atoms with van der Waals surface area (Å²) >= 11 is 0. The first-order valence-corrected chi connectivity index (χ1v) is 9.44. The van der Waals surface area contributed by atoms with Gasteiger partial charge in [0.25, 0.3) is 0 Å². The number of nitriles is 1. The highest BCUT2D eigenvalue weighted by Crippen LogP contribution is 2.26. The van der Waals surface area contributed by atoms with Crippen LogP contribution in [0.3, 0.4) is 0 Å². The Balaban J connectivity index is 0.00000261. The lowest BCUT2D eigenvalue weighted by atomic mass is 9.85. The fourth-order valence-electron chi connectivity index (χ4n) is 3.43. The fourth-order valence-corrected chi connectivity index (χ4v) is 3.43. The number of carbonyl (C=O) groups is 1. The van der Waals surface area contributed by atoms with E-state index in [0.29, 0.717) is 18.2 Å². The van der Waals surface area contributed by atoms with Crippen LogP contribution in [0.2, 0.25) is 0 Å². The van der Waals surface area contributed by atoms with E-state index in [2.05, 4.69) is 27.0 Å². The molecule has 27 heavy (non-hydrogen) atoms. The second kappa shape index (κ2) is 10.5. The Morgan fingerprint density at radius 1 is 1.22 bits per heavy atom. The molecular formula is C20H28IN5O. The molecule has 1 aromatic carbocycles. The van der Waals surface area contributed by atoms with Gasteiger partial charge in [-0.2, -0.15) is 5.26 Å². The normalized spacial score (nSPS) is 22.1. The molecule has 0 saturated heterocycles. The summed E-state index contributed by atoms with van der Waals surface area (Å²) in [6.45, 7) is 0.605. The molecule has 2 aliphatic rings. The van der Waals surface area contributed by atoms with Gasteiger partial charge in [0, 0.05) is 31.6 Å². The molecule has 0 bridgehead atoms. The predicted molar refractivity (Wildman–Crippen MR) is 117 cm³/mol. The topological polar surface area (TPSA) is 89.3 Å². The molecular weight excluding hydrogens is 453 g/mol. The van der Waals surface area contributed by atoms with Crippen LogP contribution >= 0.6 is 24.0 Å². The molecule has 0 aliphatic heterocycles.